The van der Waals surface area contributed by atoms with E-state index in [9.17, 15) is 4.79 Å². The minimum atomic E-state index is 0.0777. The summed E-state index contributed by atoms with van der Waals surface area (Å²) in [5.74, 6) is 0.215. The molecular formula is C14H29N3O. The lowest BCUT2D eigenvalue weighted by Crippen LogP contribution is -2.42. The molecule has 4 nitrogen and oxygen atoms in total. The van der Waals surface area contributed by atoms with Gasteiger partial charge in [0.15, 0.2) is 0 Å². The number of carbonyl (C=O) groups is 1. The van der Waals surface area contributed by atoms with Crippen molar-refractivity contribution in [2.45, 2.75) is 58.5 Å². The van der Waals surface area contributed by atoms with E-state index in [0.29, 0.717) is 12.1 Å². The molecule has 0 radical (unpaired) electrons. The first-order valence-electron chi connectivity index (χ1n) is 7.34. The molecule has 1 saturated heterocycles. The van der Waals surface area contributed by atoms with Crippen molar-refractivity contribution < 1.29 is 4.79 Å². The molecule has 1 rings (SSSR count). The van der Waals surface area contributed by atoms with Crippen molar-refractivity contribution in [1.82, 2.24) is 16.0 Å². The van der Waals surface area contributed by atoms with Gasteiger partial charge in [0.2, 0.25) is 5.91 Å². The highest BCUT2D eigenvalue weighted by atomic mass is 16.1. The Kier molecular flexibility index (Phi) is 7.28. The van der Waals surface area contributed by atoms with Gasteiger partial charge < -0.3 is 16.0 Å². The van der Waals surface area contributed by atoms with Gasteiger partial charge in [0.1, 0.15) is 0 Å². The second-order valence-corrected chi connectivity index (χ2v) is 5.68. The molecule has 1 heterocycles. The van der Waals surface area contributed by atoms with Crippen molar-refractivity contribution in [3.63, 3.8) is 0 Å². The minimum absolute atomic E-state index is 0.0777. The molecule has 0 bridgehead atoms. The molecule has 1 aliphatic heterocycles. The third-order valence-corrected chi connectivity index (χ3v) is 3.49. The fraction of sp³-hybridized carbons (Fsp3) is 0.929. The smallest absolute Gasteiger partial charge is 0.222 e. The number of hydrogen-bond donors (Lipinski definition) is 3. The molecule has 1 amide bonds. The molecule has 3 N–H and O–H groups in total. The van der Waals surface area contributed by atoms with Crippen LogP contribution in [-0.2, 0) is 4.79 Å². The average Bonchev–Trinajstić information content (AvgIpc) is 2.35. The second-order valence-electron chi connectivity index (χ2n) is 5.68. The second kappa shape index (κ2) is 8.48. The third kappa shape index (κ3) is 6.36. The highest BCUT2D eigenvalue weighted by Gasteiger charge is 2.15. The molecular weight excluding hydrogens is 226 g/mol. The highest BCUT2D eigenvalue weighted by Crippen LogP contribution is 2.11. The predicted octanol–water partition coefficient (Wildman–Crippen LogP) is 1.27. The van der Waals surface area contributed by atoms with Crippen LogP contribution in [0, 0.1) is 5.92 Å². The Morgan fingerprint density at radius 2 is 2.06 bits per heavy atom. The molecule has 0 aliphatic carbocycles. The van der Waals surface area contributed by atoms with Crippen LogP contribution in [-0.4, -0.2) is 37.6 Å². The summed E-state index contributed by atoms with van der Waals surface area (Å²) in [4.78, 5) is 11.4. The molecule has 2 unspecified atom stereocenters. The van der Waals surface area contributed by atoms with E-state index < -0.39 is 0 Å². The molecule has 1 fully saturated rings. The van der Waals surface area contributed by atoms with Crippen LogP contribution in [0.3, 0.4) is 0 Å². The van der Waals surface area contributed by atoms with E-state index in [4.69, 9.17) is 0 Å². The molecule has 0 saturated carbocycles. The summed E-state index contributed by atoms with van der Waals surface area (Å²) in [6, 6.07) is 1.18. The van der Waals surface area contributed by atoms with Crippen LogP contribution in [0.4, 0.5) is 0 Å². The number of amides is 1. The van der Waals surface area contributed by atoms with E-state index in [2.05, 4.69) is 22.9 Å². The fourth-order valence-corrected chi connectivity index (χ4v) is 2.34. The van der Waals surface area contributed by atoms with Crippen LogP contribution in [0.1, 0.15) is 46.5 Å². The van der Waals surface area contributed by atoms with E-state index in [-0.39, 0.29) is 11.8 Å². The van der Waals surface area contributed by atoms with Crippen molar-refractivity contribution in [2.24, 2.45) is 5.92 Å². The zero-order valence-corrected chi connectivity index (χ0v) is 12.1. The highest BCUT2D eigenvalue weighted by molar-refractivity contribution is 5.77. The zero-order valence-electron chi connectivity index (χ0n) is 12.1. The number of rotatable bonds is 7. The number of hydrogen-bond acceptors (Lipinski definition) is 3. The normalized spacial score (nSPS) is 21.9. The Morgan fingerprint density at radius 3 is 2.67 bits per heavy atom. The summed E-state index contributed by atoms with van der Waals surface area (Å²) in [5, 5.41) is 9.96. The van der Waals surface area contributed by atoms with Gasteiger partial charge in [-0.25, -0.2) is 0 Å². The van der Waals surface area contributed by atoms with E-state index in [1.807, 2.05) is 13.8 Å². The topological polar surface area (TPSA) is 53.2 Å². The number of carbonyl (C=O) groups excluding carboxylic acids is 1. The van der Waals surface area contributed by atoms with Gasteiger partial charge >= 0.3 is 0 Å². The molecule has 0 aromatic rings. The van der Waals surface area contributed by atoms with Crippen LogP contribution in [0.2, 0.25) is 0 Å². The molecule has 18 heavy (non-hydrogen) atoms. The summed E-state index contributed by atoms with van der Waals surface area (Å²) in [6.45, 7) is 8.80. The first-order chi connectivity index (χ1) is 8.59. The van der Waals surface area contributed by atoms with Gasteiger partial charge in [-0.15, -0.1) is 0 Å². The maximum Gasteiger partial charge on any atom is 0.222 e. The standard InChI is InChI=1S/C14H29N3O/c1-11(2)14(18)17-9-8-15-12(3)10-13-6-4-5-7-16-13/h11-13,15-16H,4-10H2,1-3H3,(H,17,18). The molecule has 0 aromatic carbocycles. The van der Waals surface area contributed by atoms with Gasteiger partial charge in [-0.2, -0.15) is 0 Å². The lowest BCUT2D eigenvalue weighted by Gasteiger charge is -2.26. The van der Waals surface area contributed by atoms with Gasteiger partial charge in [-0.05, 0) is 32.7 Å². The van der Waals surface area contributed by atoms with E-state index in [0.717, 1.165) is 13.1 Å². The fourth-order valence-electron chi connectivity index (χ4n) is 2.34. The molecule has 1 aliphatic rings. The average molecular weight is 255 g/mol. The molecule has 4 heteroatoms. The van der Waals surface area contributed by atoms with Crippen LogP contribution in [0.5, 0.6) is 0 Å². The lowest BCUT2D eigenvalue weighted by atomic mass is 9.99. The minimum Gasteiger partial charge on any atom is -0.355 e. The zero-order chi connectivity index (χ0) is 13.4. The van der Waals surface area contributed by atoms with Crippen LogP contribution in [0.25, 0.3) is 0 Å². The Bertz CT molecular complexity index is 237. The first-order valence-corrected chi connectivity index (χ1v) is 7.34. The number of piperidine rings is 1. The number of nitrogens with one attached hydrogen (secondary N) is 3. The largest absolute Gasteiger partial charge is 0.355 e. The summed E-state index contributed by atoms with van der Waals surface area (Å²) >= 11 is 0. The Balaban J connectivity index is 2.02. The monoisotopic (exact) mass is 255 g/mol. The summed E-state index contributed by atoms with van der Waals surface area (Å²) in [6.07, 6.45) is 5.16. The van der Waals surface area contributed by atoms with Crippen LogP contribution >= 0.6 is 0 Å². The van der Waals surface area contributed by atoms with Crippen molar-refractivity contribution in [2.75, 3.05) is 19.6 Å². The van der Waals surface area contributed by atoms with Crippen LogP contribution < -0.4 is 16.0 Å². The van der Waals surface area contributed by atoms with E-state index in [1.165, 1.54) is 32.2 Å². The Morgan fingerprint density at radius 1 is 1.28 bits per heavy atom. The Labute approximate surface area is 111 Å². The summed E-state index contributed by atoms with van der Waals surface area (Å²) in [5.41, 5.74) is 0. The van der Waals surface area contributed by atoms with Gasteiger partial charge in [0.05, 0.1) is 0 Å². The van der Waals surface area contributed by atoms with Crippen molar-refractivity contribution in [1.29, 1.82) is 0 Å². The van der Waals surface area contributed by atoms with Crippen molar-refractivity contribution in [3.05, 3.63) is 0 Å². The lowest BCUT2D eigenvalue weighted by molar-refractivity contribution is -0.123. The Hall–Kier alpha value is -0.610. The van der Waals surface area contributed by atoms with Gasteiger partial charge in [-0.3, -0.25) is 4.79 Å². The maximum absolute atomic E-state index is 11.4. The van der Waals surface area contributed by atoms with E-state index >= 15 is 0 Å². The summed E-state index contributed by atoms with van der Waals surface area (Å²) in [7, 11) is 0. The molecule has 106 valence electrons. The van der Waals surface area contributed by atoms with Crippen molar-refractivity contribution in [3.8, 4) is 0 Å². The van der Waals surface area contributed by atoms with Gasteiger partial charge in [-0.1, -0.05) is 20.3 Å². The quantitative estimate of drug-likeness (QED) is 0.601. The first kappa shape index (κ1) is 15.4. The maximum atomic E-state index is 11.4. The molecule has 0 spiro atoms. The van der Waals surface area contributed by atoms with Crippen molar-refractivity contribution >= 4 is 5.91 Å². The van der Waals surface area contributed by atoms with E-state index in [1.54, 1.807) is 0 Å². The molecule has 2 atom stereocenters. The van der Waals surface area contributed by atoms with Crippen LogP contribution in [0.15, 0.2) is 0 Å². The van der Waals surface area contributed by atoms with Gasteiger partial charge in [0, 0.05) is 31.1 Å². The molecule has 0 aromatic heterocycles. The predicted molar refractivity (Wildman–Crippen MR) is 75.6 cm³/mol. The SMILES string of the molecule is CC(CC1CCCCN1)NCCNC(=O)C(C)C. The van der Waals surface area contributed by atoms with Gasteiger partial charge in [0.25, 0.3) is 0 Å². The summed E-state index contributed by atoms with van der Waals surface area (Å²) < 4.78 is 0. The third-order valence-electron chi connectivity index (χ3n) is 3.49.